The molecule has 0 unspecified atom stereocenters. The lowest BCUT2D eigenvalue weighted by molar-refractivity contribution is 0.393. The Balaban J connectivity index is 1.96. The van der Waals surface area contributed by atoms with Crippen molar-refractivity contribution in [1.29, 1.82) is 0 Å². The Hall–Kier alpha value is -1.92. The molecule has 142 valence electrons. The maximum atomic E-state index is 13.3. The summed E-state index contributed by atoms with van der Waals surface area (Å²) in [5.41, 5.74) is 2.49. The molecule has 1 aliphatic rings. The normalized spacial score (nSPS) is 15.7. The first kappa shape index (κ1) is 18.4. The van der Waals surface area contributed by atoms with Crippen molar-refractivity contribution >= 4 is 32.3 Å². The molecule has 0 radical (unpaired) electrons. The van der Waals surface area contributed by atoms with E-state index in [4.69, 9.17) is 16.1 Å². The van der Waals surface area contributed by atoms with Gasteiger partial charge in [0.2, 0.25) is 0 Å². The molecule has 2 heterocycles. The van der Waals surface area contributed by atoms with Crippen LogP contribution in [0.4, 0.5) is 0 Å². The van der Waals surface area contributed by atoms with Crippen LogP contribution in [0.3, 0.4) is 0 Å². The van der Waals surface area contributed by atoms with Crippen LogP contribution in [-0.2, 0) is 9.84 Å². The molecule has 3 aromatic rings. The Labute approximate surface area is 163 Å². The molecule has 2 aromatic heterocycles. The first-order valence-electron chi connectivity index (χ1n) is 9.11. The average Bonchev–Trinajstić information content (AvgIpc) is 3.25. The number of aryl methyl sites for hydroxylation is 2. The van der Waals surface area contributed by atoms with Gasteiger partial charge in [-0.15, -0.1) is 0 Å². The molecule has 1 saturated carbocycles. The van der Waals surface area contributed by atoms with Crippen molar-refractivity contribution in [3.63, 3.8) is 0 Å². The summed E-state index contributed by atoms with van der Waals surface area (Å²) in [7, 11) is -3.48. The zero-order valence-corrected chi connectivity index (χ0v) is 16.9. The van der Waals surface area contributed by atoms with Gasteiger partial charge < -0.3 is 4.52 Å². The van der Waals surface area contributed by atoms with Crippen molar-refractivity contribution in [2.75, 3.05) is 5.75 Å². The average molecular weight is 405 g/mol. The van der Waals surface area contributed by atoms with Crippen LogP contribution in [0, 0.1) is 19.8 Å². The molecule has 0 aliphatic heterocycles. The summed E-state index contributed by atoms with van der Waals surface area (Å²) in [6.07, 6.45) is 5.78. The van der Waals surface area contributed by atoms with E-state index >= 15 is 0 Å². The van der Waals surface area contributed by atoms with Crippen LogP contribution in [0.15, 0.2) is 33.8 Å². The van der Waals surface area contributed by atoms with Gasteiger partial charge in [0.05, 0.1) is 26.9 Å². The molecule has 1 aliphatic carbocycles. The van der Waals surface area contributed by atoms with E-state index in [2.05, 4.69) is 10.1 Å². The number of benzene rings is 1. The highest BCUT2D eigenvalue weighted by atomic mass is 35.5. The molecule has 0 N–H and O–H groups in total. The van der Waals surface area contributed by atoms with Crippen molar-refractivity contribution in [2.24, 2.45) is 5.92 Å². The first-order chi connectivity index (χ1) is 12.9. The van der Waals surface area contributed by atoms with Gasteiger partial charge in [-0.05, 0) is 50.8 Å². The monoisotopic (exact) mass is 404 g/mol. The predicted molar refractivity (Wildman–Crippen MR) is 106 cm³/mol. The molecular formula is C20H21ClN2O3S. The quantitative estimate of drug-likeness (QED) is 0.603. The number of sulfone groups is 1. The molecule has 0 amide bonds. The molecule has 4 rings (SSSR count). The highest BCUT2D eigenvalue weighted by Gasteiger charge is 2.28. The number of hydrogen-bond acceptors (Lipinski definition) is 5. The van der Waals surface area contributed by atoms with E-state index in [1.54, 1.807) is 31.3 Å². The molecule has 5 nitrogen and oxygen atoms in total. The van der Waals surface area contributed by atoms with Crippen molar-refractivity contribution in [3.05, 3.63) is 40.9 Å². The first-order valence-corrected chi connectivity index (χ1v) is 11.1. The van der Waals surface area contributed by atoms with Crippen LogP contribution in [0.1, 0.15) is 37.1 Å². The zero-order chi connectivity index (χ0) is 19.2. The topological polar surface area (TPSA) is 73.1 Å². The van der Waals surface area contributed by atoms with Gasteiger partial charge in [-0.3, -0.25) is 4.98 Å². The third-order valence-electron chi connectivity index (χ3n) is 5.36. The summed E-state index contributed by atoms with van der Waals surface area (Å²) >= 11 is 6.64. The lowest BCUT2D eigenvalue weighted by Crippen LogP contribution is -2.15. The maximum absolute atomic E-state index is 13.3. The molecule has 7 heteroatoms. The molecule has 0 spiro atoms. The number of hydrogen-bond donors (Lipinski definition) is 0. The van der Waals surface area contributed by atoms with E-state index in [0.717, 1.165) is 31.2 Å². The summed E-state index contributed by atoms with van der Waals surface area (Å²) in [4.78, 5) is 4.66. The molecule has 0 atom stereocenters. The smallest absolute Gasteiger partial charge is 0.179 e. The Kier molecular flexibility index (Phi) is 4.72. The van der Waals surface area contributed by atoms with Gasteiger partial charge in [0.1, 0.15) is 5.76 Å². The predicted octanol–water partition coefficient (Wildman–Crippen LogP) is 5.12. The second-order valence-corrected chi connectivity index (χ2v) is 9.65. The van der Waals surface area contributed by atoms with E-state index in [0.29, 0.717) is 32.9 Å². The third kappa shape index (κ3) is 3.25. The van der Waals surface area contributed by atoms with Gasteiger partial charge in [0.25, 0.3) is 0 Å². The highest BCUT2D eigenvalue weighted by molar-refractivity contribution is 7.91. The maximum Gasteiger partial charge on any atom is 0.179 e. The molecule has 27 heavy (non-hydrogen) atoms. The lowest BCUT2D eigenvalue weighted by Gasteiger charge is -2.15. The van der Waals surface area contributed by atoms with E-state index in [1.807, 2.05) is 6.92 Å². The van der Waals surface area contributed by atoms with Crippen LogP contribution in [-0.4, -0.2) is 24.3 Å². The summed E-state index contributed by atoms with van der Waals surface area (Å²) in [5.74, 6) is 0.989. The van der Waals surface area contributed by atoms with E-state index in [1.165, 1.54) is 0 Å². The van der Waals surface area contributed by atoms with Crippen LogP contribution >= 0.6 is 11.6 Å². The summed E-state index contributed by atoms with van der Waals surface area (Å²) in [6, 6.07) is 5.18. The van der Waals surface area contributed by atoms with Gasteiger partial charge >= 0.3 is 0 Å². The van der Waals surface area contributed by atoms with Crippen molar-refractivity contribution in [2.45, 2.75) is 44.4 Å². The fourth-order valence-corrected chi connectivity index (χ4v) is 6.29. The standard InChI is InChI=1S/C20H21ClN2O3S/c1-12-18(13(2)26-23-12)16-10-17(15-8-5-9-22-20(15)19(16)21)27(24,25)11-14-6-3-4-7-14/h5,8-10,14H,3-4,6-7,11H2,1-2H3. The van der Waals surface area contributed by atoms with Crippen molar-refractivity contribution < 1.29 is 12.9 Å². The van der Waals surface area contributed by atoms with Gasteiger partial charge in [-0.2, -0.15) is 0 Å². The molecule has 1 aromatic carbocycles. The van der Waals surface area contributed by atoms with Crippen molar-refractivity contribution in [3.8, 4) is 11.1 Å². The fourth-order valence-electron chi connectivity index (χ4n) is 4.06. The second kappa shape index (κ2) is 6.91. The van der Waals surface area contributed by atoms with Gasteiger partial charge in [0, 0.05) is 22.7 Å². The Morgan fingerprint density at radius 1 is 1.26 bits per heavy atom. The van der Waals surface area contributed by atoms with Gasteiger partial charge in [-0.25, -0.2) is 8.42 Å². The Bertz CT molecular complexity index is 1100. The zero-order valence-electron chi connectivity index (χ0n) is 15.3. The molecule has 1 fully saturated rings. The highest BCUT2D eigenvalue weighted by Crippen LogP contribution is 2.40. The van der Waals surface area contributed by atoms with Crippen molar-refractivity contribution in [1.82, 2.24) is 10.1 Å². The number of aromatic nitrogens is 2. The van der Waals surface area contributed by atoms with E-state index in [9.17, 15) is 8.42 Å². The minimum Gasteiger partial charge on any atom is -0.361 e. The summed E-state index contributed by atoms with van der Waals surface area (Å²) in [6.45, 7) is 3.61. The minimum absolute atomic E-state index is 0.166. The fraction of sp³-hybridized carbons (Fsp3) is 0.400. The van der Waals surface area contributed by atoms with Crippen LogP contribution in [0.25, 0.3) is 22.0 Å². The van der Waals surface area contributed by atoms with E-state index in [-0.39, 0.29) is 16.6 Å². The number of nitrogens with zero attached hydrogens (tertiary/aromatic N) is 2. The second-order valence-electron chi connectivity index (χ2n) is 7.27. The molecule has 0 saturated heterocycles. The number of halogens is 1. The minimum atomic E-state index is -3.48. The molecular weight excluding hydrogens is 384 g/mol. The Morgan fingerprint density at radius 2 is 2.00 bits per heavy atom. The van der Waals surface area contributed by atoms with Crippen LogP contribution < -0.4 is 0 Å². The SMILES string of the molecule is Cc1noc(C)c1-c1cc(S(=O)(=O)CC2CCCC2)c2cccnc2c1Cl. The van der Waals surface area contributed by atoms with Gasteiger partial charge in [-0.1, -0.05) is 29.6 Å². The number of pyridine rings is 1. The number of fused-ring (bicyclic) bond motifs is 1. The van der Waals surface area contributed by atoms with E-state index < -0.39 is 9.84 Å². The third-order valence-corrected chi connectivity index (χ3v) is 7.66. The van der Waals surface area contributed by atoms with Crippen LogP contribution in [0.5, 0.6) is 0 Å². The molecule has 0 bridgehead atoms. The summed E-state index contributed by atoms with van der Waals surface area (Å²) in [5, 5.41) is 4.97. The van der Waals surface area contributed by atoms with Crippen LogP contribution in [0.2, 0.25) is 5.02 Å². The van der Waals surface area contributed by atoms with Gasteiger partial charge in [0.15, 0.2) is 9.84 Å². The lowest BCUT2D eigenvalue weighted by atomic mass is 10.0. The Morgan fingerprint density at radius 3 is 2.67 bits per heavy atom. The largest absolute Gasteiger partial charge is 0.361 e. The number of rotatable bonds is 4. The summed E-state index contributed by atoms with van der Waals surface area (Å²) < 4.78 is 31.9.